The Labute approximate surface area is 221 Å². The van der Waals surface area contributed by atoms with Gasteiger partial charge < -0.3 is 14.6 Å². The molecule has 0 radical (unpaired) electrons. The Kier molecular flexibility index (Phi) is 13.1. The second-order valence-electron chi connectivity index (χ2n) is 8.75. The zero-order valence-corrected chi connectivity index (χ0v) is 24.9. The topological polar surface area (TPSA) is 82.1 Å². The number of halogens is 2. The van der Waals surface area contributed by atoms with Crippen LogP contribution in [-0.4, -0.2) is 46.2 Å². The van der Waals surface area contributed by atoms with Gasteiger partial charge in [-0.3, -0.25) is 4.18 Å². The quantitative estimate of drug-likeness (QED) is 0.321. The molecule has 2 atom stereocenters. The van der Waals surface area contributed by atoms with E-state index in [1.165, 1.54) is 11.1 Å². The number of hydrogen-bond donors (Lipinski definition) is 1. The molecule has 9 heteroatoms. The lowest BCUT2D eigenvalue weighted by Crippen LogP contribution is -2.17. The van der Waals surface area contributed by atoms with Crippen LogP contribution in [0.2, 0.25) is 0 Å². The van der Waals surface area contributed by atoms with Crippen LogP contribution in [0.15, 0.2) is 33.2 Å². The Morgan fingerprint density at radius 1 is 0.765 bits per heavy atom. The SMILES string of the molecule is Cc1cc(OC[C@@H](C)CO)cc(C)c1Br.Cc1cc(OC[C@@H](C)COS(C)(=O)=O)cc(C)c1Br. The third-order valence-electron chi connectivity index (χ3n) is 4.77. The average Bonchev–Trinajstić information content (AvgIpc) is 2.76. The van der Waals surface area contributed by atoms with E-state index in [-0.39, 0.29) is 25.0 Å². The summed E-state index contributed by atoms with van der Waals surface area (Å²) in [5.41, 5.74) is 4.55. The molecule has 0 saturated carbocycles. The minimum atomic E-state index is -3.38. The molecule has 0 fully saturated rings. The van der Waals surface area contributed by atoms with Crippen molar-refractivity contribution in [2.45, 2.75) is 41.5 Å². The Balaban J connectivity index is 0.000000350. The van der Waals surface area contributed by atoms with Crippen molar-refractivity contribution in [2.75, 3.05) is 32.7 Å². The lowest BCUT2D eigenvalue weighted by atomic mass is 10.1. The van der Waals surface area contributed by atoms with Crippen molar-refractivity contribution >= 4 is 42.0 Å². The van der Waals surface area contributed by atoms with Crippen molar-refractivity contribution < 1.29 is 27.2 Å². The normalized spacial score (nSPS) is 13.0. The number of aliphatic hydroxyl groups excluding tert-OH is 1. The van der Waals surface area contributed by atoms with Gasteiger partial charge in [-0.05, 0) is 74.2 Å². The van der Waals surface area contributed by atoms with Gasteiger partial charge >= 0.3 is 0 Å². The third kappa shape index (κ3) is 11.5. The van der Waals surface area contributed by atoms with E-state index in [9.17, 15) is 8.42 Å². The number of aryl methyl sites for hydroxylation is 4. The Hall–Kier alpha value is -1.13. The molecule has 0 unspecified atom stereocenters. The van der Waals surface area contributed by atoms with E-state index >= 15 is 0 Å². The summed E-state index contributed by atoms with van der Waals surface area (Å²) in [4.78, 5) is 0. The minimum absolute atomic E-state index is 0.000941. The summed E-state index contributed by atoms with van der Waals surface area (Å²) in [7, 11) is -3.38. The molecule has 0 heterocycles. The second-order valence-corrected chi connectivity index (χ2v) is 12.0. The molecule has 0 amide bonds. The molecule has 0 aliphatic heterocycles. The predicted octanol–water partition coefficient (Wildman–Crippen LogP) is 6.13. The molecule has 0 saturated heterocycles. The van der Waals surface area contributed by atoms with Gasteiger partial charge in [-0.2, -0.15) is 8.42 Å². The average molecular weight is 624 g/mol. The molecule has 0 aromatic heterocycles. The van der Waals surface area contributed by atoms with E-state index in [1.54, 1.807) is 0 Å². The first-order valence-electron chi connectivity index (χ1n) is 11.0. The molecule has 2 aromatic carbocycles. The molecule has 0 spiro atoms. The largest absolute Gasteiger partial charge is 0.493 e. The molecular formula is C25H36Br2O6S. The first-order valence-corrected chi connectivity index (χ1v) is 14.4. The van der Waals surface area contributed by atoms with E-state index in [0.29, 0.717) is 13.2 Å². The summed E-state index contributed by atoms with van der Waals surface area (Å²) < 4.78 is 39.9. The highest BCUT2D eigenvalue weighted by molar-refractivity contribution is 9.10. The van der Waals surface area contributed by atoms with E-state index in [4.69, 9.17) is 18.8 Å². The fourth-order valence-electron chi connectivity index (χ4n) is 2.80. The maximum Gasteiger partial charge on any atom is 0.264 e. The van der Waals surface area contributed by atoms with Gasteiger partial charge in [0, 0.05) is 27.4 Å². The lowest BCUT2D eigenvalue weighted by molar-refractivity contribution is 0.174. The molecule has 1 N–H and O–H groups in total. The highest BCUT2D eigenvalue weighted by atomic mass is 79.9. The van der Waals surface area contributed by atoms with Crippen LogP contribution in [0, 0.1) is 39.5 Å². The molecule has 0 aliphatic rings. The Morgan fingerprint density at radius 3 is 1.44 bits per heavy atom. The molecule has 192 valence electrons. The smallest absolute Gasteiger partial charge is 0.264 e. The van der Waals surface area contributed by atoms with Gasteiger partial charge in [-0.1, -0.05) is 45.7 Å². The zero-order valence-electron chi connectivity index (χ0n) is 20.9. The second kappa shape index (κ2) is 14.4. The summed E-state index contributed by atoms with van der Waals surface area (Å²) in [6.07, 6.45) is 1.04. The molecule has 2 rings (SSSR count). The number of ether oxygens (including phenoxy) is 2. The third-order valence-corrected chi connectivity index (χ3v) is 7.83. The molecule has 6 nitrogen and oxygen atoms in total. The molecule has 2 aromatic rings. The Morgan fingerprint density at radius 2 is 1.12 bits per heavy atom. The lowest BCUT2D eigenvalue weighted by Gasteiger charge is -2.14. The van der Waals surface area contributed by atoms with Gasteiger partial charge in [0.2, 0.25) is 0 Å². The highest BCUT2D eigenvalue weighted by Crippen LogP contribution is 2.27. The Bertz CT molecular complexity index is 994. The van der Waals surface area contributed by atoms with Gasteiger partial charge in [-0.25, -0.2) is 0 Å². The van der Waals surface area contributed by atoms with Crippen LogP contribution >= 0.6 is 31.9 Å². The van der Waals surface area contributed by atoms with Crippen molar-refractivity contribution in [1.82, 2.24) is 0 Å². The molecule has 34 heavy (non-hydrogen) atoms. The van der Waals surface area contributed by atoms with Crippen molar-refractivity contribution in [2.24, 2.45) is 11.8 Å². The number of aliphatic hydroxyl groups is 1. The van der Waals surface area contributed by atoms with Gasteiger partial charge in [0.25, 0.3) is 10.1 Å². The number of rotatable bonds is 10. The van der Waals surface area contributed by atoms with Crippen molar-refractivity contribution in [3.8, 4) is 11.5 Å². The van der Waals surface area contributed by atoms with Crippen molar-refractivity contribution in [3.05, 3.63) is 55.5 Å². The first kappa shape index (κ1) is 30.9. The fourth-order valence-corrected chi connectivity index (χ4v) is 3.73. The summed E-state index contributed by atoms with van der Waals surface area (Å²) in [6, 6.07) is 7.89. The summed E-state index contributed by atoms with van der Waals surface area (Å²) in [5.74, 6) is 1.83. The van der Waals surface area contributed by atoms with E-state index in [1.807, 2.05) is 65.8 Å². The number of benzene rings is 2. The predicted molar refractivity (Wildman–Crippen MR) is 144 cm³/mol. The monoisotopic (exact) mass is 622 g/mol. The van der Waals surface area contributed by atoms with Crippen molar-refractivity contribution in [3.63, 3.8) is 0 Å². The van der Waals surface area contributed by atoms with Crippen molar-refractivity contribution in [1.29, 1.82) is 0 Å². The summed E-state index contributed by atoms with van der Waals surface area (Å²) in [6.45, 7) is 13.2. The van der Waals surface area contributed by atoms with Crippen LogP contribution in [-0.2, 0) is 14.3 Å². The summed E-state index contributed by atoms with van der Waals surface area (Å²) in [5, 5.41) is 8.88. The van der Waals surface area contributed by atoms with E-state index in [2.05, 4.69) is 31.9 Å². The first-order chi connectivity index (χ1) is 15.7. The van der Waals surface area contributed by atoms with Crippen LogP contribution in [0.1, 0.15) is 36.1 Å². The molecule has 0 bridgehead atoms. The van der Waals surface area contributed by atoms with Crippen LogP contribution in [0.3, 0.4) is 0 Å². The fraction of sp³-hybridized carbons (Fsp3) is 0.520. The van der Waals surface area contributed by atoms with Crippen LogP contribution in [0.25, 0.3) is 0 Å². The van der Waals surface area contributed by atoms with Gasteiger partial charge in [-0.15, -0.1) is 0 Å². The van der Waals surface area contributed by atoms with Gasteiger partial charge in [0.05, 0.1) is 26.1 Å². The van der Waals surface area contributed by atoms with Crippen LogP contribution in [0.4, 0.5) is 0 Å². The van der Waals surface area contributed by atoms with E-state index in [0.717, 1.165) is 37.8 Å². The molecule has 0 aliphatic carbocycles. The minimum Gasteiger partial charge on any atom is -0.493 e. The standard InChI is InChI=1S/C13H19BrO4S.C12H17BrO2/c1-9(8-18-19(4,15)16)7-17-12-5-10(2)13(14)11(3)6-12;1-8(6-14)7-15-11-4-9(2)12(13)10(3)5-11/h5-6,9H,7-8H2,1-4H3;4-5,8,14H,6-7H2,1-3H3/t9-;8-/m10/s1. The van der Waals surface area contributed by atoms with Gasteiger partial charge in [0.15, 0.2) is 0 Å². The number of hydrogen-bond acceptors (Lipinski definition) is 6. The maximum atomic E-state index is 10.9. The zero-order chi connectivity index (χ0) is 26.1. The highest BCUT2D eigenvalue weighted by Gasteiger charge is 2.10. The summed E-state index contributed by atoms with van der Waals surface area (Å²) >= 11 is 7.01. The maximum absolute atomic E-state index is 10.9. The van der Waals surface area contributed by atoms with E-state index < -0.39 is 10.1 Å². The van der Waals surface area contributed by atoms with Crippen LogP contribution in [0.5, 0.6) is 11.5 Å². The van der Waals surface area contributed by atoms with Gasteiger partial charge in [0.1, 0.15) is 11.5 Å². The van der Waals surface area contributed by atoms with Crippen LogP contribution < -0.4 is 9.47 Å². The molecular weight excluding hydrogens is 588 g/mol.